The molecule has 10 nitrogen and oxygen atoms in total. The van der Waals surface area contributed by atoms with E-state index in [9.17, 15) is 9.59 Å². The minimum absolute atomic E-state index is 0.0101. The van der Waals surface area contributed by atoms with Gasteiger partial charge in [0.05, 0.1) is 31.0 Å². The molecule has 2 aromatic heterocycles. The lowest BCUT2D eigenvalue weighted by Gasteiger charge is -2.25. The summed E-state index contributed by atoms with van der Waals surface area (Å²) >= 11 is 0. The molecular weight excluding hydrogens is 326 g/mol. The summed E-state index contributed by atoms with van der Waals surface area (Å²) in [6.07, 6.45) is 0.462. The highest BCUT2D eigenvalue weighted by Crippen LogP contribution is 2.16. The summed E-state index contributed by atoms with van der Waals surface area (Å²) in [6.45, 7) is 4.94. The van der Waals surface area contributed by atoms with Crippen molar-refractivity contribution in [2.45, 2.75) is 39.5 Å². The Morgan fingerprint density at radius 2 is 2.20 bits per heavy atom. The highest BCUT2D eigenvalue weighted by Gasteiger charge is 2.21. The van der Waals surface area contributed by atoms with Crippen LogP contribution in [0, 0.1) is 0 Å². The third kappa shape index (κ3) is 4.02. The average Bonchev–Trinajstić information content (AvgIpc) is 3.25. The van der Waals surface area contributed by atoms with Crippen molar-refractivity contribution < 1.29 is 14.1 Å². The molecule has 1 aliphatic rings. The van der Waals surface area contributed by atoms with Crippen LogP contribution in [0.5, 0.6) is 0 Å². The van der Waals surface area contributed by atoms with Gasteiger partial charge in [-0.25, -0.2) is 0 Å². The van der Waals surface area contributed by atoms with Crippen LogP contribution in [-0.4, -0.2) is 50.2 Å². The lowest BCUT2D eigenvalue weighted by Crippen LogP contribution is -2.33. The number of hydrogen-bond donors (Lipinski definition) is 2. The van der Waals surface area contributed by atoms with Gasteiger partial charge in [-0.3, -0.25) is 19.2 Å². The average molecular weight is 347 g/mol. The monoisotopic (exact) mass is 347 g/mol. The van der Waals surface area contributed by atoms with Crippen molar-refractivity contribution >= 4 is 11.8 Å². The predicted molar refractivity (Wildman–Crippen MR) is 86.2 cm³/mol. The van der Waals surface area contributed by atoms with E-state index in [0.717, 1.165) is 24.5 Å². The fourth-order valence-electron chi connectivity index (χ4n) is 2.63. The van der Waals surface area contributed by atoms with Gasteiger partial charge in [0, 0.05) is 26.6 Å². The van der Waals surface area contributed by atoms with Crippen molar-refractivity contribution in [3.05, 3.63) is 29.2 Å². The first-order valence-corrected chi connectivity index (χ1v) is 8.18. The van der Waals surface area contributed by atoms with Crippen LogP contribution < -0.4 is 10.6 Å². The van der Waals surface area contributed by atoms with Crippen molar-refractivity contribution in [3.63, 3.8) is 0 Å². The van der Waals surface area contributed by atoms with Gasteiger partial charge in [-0.05, 0) is 6.07 Å². The highest BCUT2D eigenvalue weighted by molar-refractivity contribution is 5.89. The molecule has 25 heavy (non-hydrogen) atoms. The van der Waals surface area contributed by atoms with Crippen molar-refractivity contribution in [2.24, 2.45) is 0 Å². The first-order valence-electron chi connectivity index (χ1n) is 8.18. The molecule has 10 heteroatoms. The van der Waals surface area contributed by atoms with Crippen LogP contribution in [0.4, 0.5) is 0 Å². The SMILES string of the molecule is CCC(=O)NCc1cc2n(n1)CCN(Cc1nc(C(=O)NC)no1)C2. The zero-order valence-corrected chi connectivity index (χ0v) is 14.3. The molecule has 0 unspecified atom stereocenters. The molecule has 2 N–H and O–H groups in total. The molecule has 0 fully saturated rings. The summed E-state index contributed by atoms with van der Waals surface area (Å²) in [6, 6.07) is 1.99. The Morgan fingerprint density at radius 3 is 2.96 bits per heavy atom. The standard InChI is InChI=1S/C15H21N7O3/c1-3-12(23)17-7-10-6-11-8-21(4-5-22(11)19-10)9-13-18-14(20-25-13)15(24)16-2/h6H,3-5,7-9H2,1-2H3,(H,16,24)(H,17,23). The zero-order valence-electron chi connectivity index (χ0n) is 14.3. The van der Waals surface area contributed by atoms with Gasteiger partial charge in [0.25, 0.3) is 11.7 Å². The minimum atomic E-state index is -0.370. The fourth-order valence-corrected chi connectivity index (χ4v) is 2.63. The predicted octanol–water partition coefficient (Wildman–Crippen LogP) is -0.332. The molecule has 134 valence electrons. The number of aromatic nitrogens is 4. The van der Waals surface area contributed by atoms with Crippen LogP contribution >= 0.6 is 0 Å². The van der Waals surface area contributed by atoms with Gasteiger partial charge in [0.2, 0.25) is 11.8 Å². The van der Waals surface area contributed by atoms with Crippen molar-refractivity contribution in [2.75, 3.05) is 13.6 Å². The van der Waals surface area contributed by atoms with Gasteiger partial charge in [-0.2, -0.15) is 10.1 Å². The molecule has 0 aliphatic carbocycles. The van der Waals surface area contributed by atoms with Crippen molar-refractivity contribution in [1.82, 2.24) is 35.5 Å². The number of carbonyl (C=O) groups is 2. The van der Waals surface area contributed by atoms with Gasteiger partial charge in [-0.15, -0.1) is 0 Å². The largest absolute Gasteiger partial charge is 0.352 e. The second-order valence-electron chi connectivity index (χ2n) is 5.78. The summed E-state index contributed by atoms with van der Waals surface area (Å²) in [5.74, 6) is 0.0805. The second-order valence-corrected chi connectivity index (χ2v) is 5.78. The molecule has 3 heterocycles. The van der Waals surface area contributed by atoms with Crippen LogP contribution in [0.1, 0.15) is 41.2 Å². The molecule has 2 aromatic rings. The Balaban J connectivity index is 1.59. The summed E-state index contributed by atoms with van der Waals surface area (Å²) in [4.78, 5) is 29.1. The van der Waals surface area contributed by atoms with Gasteiger partial charge in [0.15, 0.2) is 0 Å². The maximum atomic E-state index is 11.5. The lowest BCUT2D eigenvalue weighted by molar-refractivity contribution is -0.120. The molecule has 0 radical (unpaired) electrons. The normalized spacial score (nSPS) is 14.2. The number of hydrogen-bond acceptors (Lipinski definition) is 7. The molecular formula is C15H21N7O3. The Morgan fingerprint density at radius 1 is 1.36 bits per heavy atom. The van der Waals surface area contributed by atoms with E-state index in [-0.39, 0.29) is 17.6 Å². The van der Waals surface area contributed by atoms with Gasteiger partial charge in [0.1, 0.15) is 0 Å². The number of fused-ring (bicyclic) bond motifs is 1. The lowest BCUT2D eigenvalue weighted by atomic mass is 10.2. The quantitative estimate of drug-likeness (QED) is 0.734. The van der Waals surface area contributed by atoms with E-state index in [1.165, 1.54) is 7.05 Å². The summed E-state index contributed by atoms with van der Waals surface area (Å²) in [5, 5.41) is 13.5. The number of rotatable bonds is 6. The van der Waals surface area contributed by atoms with Crippen molar-refractivity contribution in [1.29, 1.82) is 0 Å². The van der Waals surface area contributed by atoms with E-state index in [0.29, 0.717) is 31.9 Å². The Bertz CT molecular complexity index is 767. The van der Waals surface area contributed by atoms with Crippen LogP contribution in [0.25, 0.3) is 0 Å². The number of carbonyl (C=O) groups excluding carboxylic acids is 2. The molecule has 0 saturated heterocycles. The second kappa shape index (κ2) is 7.43. The van der Waals surface area contributed by atoms with Crippen LogP contribution in [0.2, 0.25) is 0 Å². The van der Waals surface area contributed by atoms with Crippen LogP contribution in [0.15, 0.2) is 10.6 Å². The molecule has 0 aromatic carbocycles. The summed E-state index contributed by atoms with van der Waals surface area (Å²) in [5.41, 5.74) is 1.91. The topological polar surface area (TPSA) is 118 Å². The molecule has 0 atom stereocenters. The van der Waals surface area contributed by atoms with Gasteiger partial charge in [-0.1, -0.05) is 12.1 Å². The number of nitrogens with zero attached hydrogens (tertiary/aromatic N) is 5. The van der Waals surface area contributed by atoms with E-state index in [1.807, 2.05) is 17.7 Å². The highest BCUT2D eigenvalue weighted by atomic mass is 16.5. The van der Waals surface area contributed by atoms with E-state index in [4.69, 9.17) is 4.52 Å². The Kier molecular flexibility index (Phi) is 5.08. The molecule has 0 spiro atoms. The molecule has 0 saturated carbocycles. The zero-order chi connectivity index (χ0) is 17.8. The Labute approximate surface area is 144 Å². The third-order valence-electron chi connectivity index (χ3n) is 3.97. The molecule has 3 rings (SSSR count). The molecule has 0 bridgehead atoms. The van der Waals surface area contributed by atoms with E-state index in [1.54, 1.807) is 0 Å². The number of amides is 2. The van der Waals surface area contributed by atoms with E-state index >= 15 is 0 Å². The molecule has 2 amide bonds. The van der Waals surface area contributed by atoms with E-state index < -0.39 is 0 Å². The number of nitrogens with one attached hydrogen (secondary N) is 2. The van der Waals surface area contributed by atoms with E-state index in [2.05, 4.69) is 30.8 Å². The van der Waals surface area contributed by atoms with Crippen molar-refractivity contribution in [3.8, 4) is 0 Å². The smallest absolute Gasteiger partial charge is 0.292 e. The van der Waals surface area contributed by atoms with Crippen LogP contribution in [-0.2, 0) is 31.0 Å². The molecule has 1 aliphatic heterocycles. The maximum Gasteiger partial charge on any atom is 0.292 e. The first kappa shape index (κ1) is 17.1. The van der Waals surface area contributed by atoms with Gasteiger partial charge >= 0.3 is 0 Å². The summed E-state index contributed by atoms with van der Waals surface area (Å²) in [7, 11) is 1.52. The summed E-state index contributed by atoms with van der Waals surface area (Å²) < 4.78 is 7.08. The van der Waals surface area contributed by atoms with Gasteiger partial charge < -0.3 is 15.2 Å². The third-order valence-corrected chi connectivity index (χ3v) is 3.97. The maximum absolute atomic E-state index is 11.5. The van der Waals surface area contributed by atoms with Crippen LogP contribution in [0.3, 0.4) is 0 Å². The Hall–Kier alpha value is -2.75. The fraction of sp³-hybridized carbons (Fsp3) is 0.533. The first-order chi connectivity index (χ1) is 12.1. The minimum Gasteiger partial charge on any atom is -0.352 e.